The van der Waals surface area contributed by atoms with Crippen LogP contribution < -0.4 is 11.5 Å². The van der Waals surface area contributed by atoms with Gasteiger partial charge in [-0.05, 0) is 34.9 Å². The molecule has 4 N–H and O–H groups in total. The van der Waals surface area contributed by atoms with Crippen LogP contribution in [0.5, 0.6) is 0 Å². The summed E-state index contributed by atoms with van der Waals surface area (Å²) in [5, 5.41) is 0.579. The standard InChI is InChI=1S/C18H15ClN2/c19-18-16(21)11-10-15(12-6-8-14(20)9-7-12)17(18)13-4-2-1-3-5-13/h1-11H,20-21H2. The number of nitrogen functional groups attached to an aromatic ring is 2. The van der Waals surface area contributed by atoms with Crippen LogP contribution >= 0.6 is 11.6 Å². The summed E-state index contributed by atoms with van der Waals surface area (Å²) in [6.07, 6.45) is 0. The van der Waals surface area contributed by atoms with Gasteiger partial charge in [-0.3, -0.25) is 0 Å². The van der Waals surface area contributed by atoms with E-state index in [2.05, 4.69) is 0 Å². The van der Waals surface area contributed by atoms with Gasteiger partial charge in [0.1, 0.15) is 0 Å². The van der Waals surface area contributed by atoms with Crippen molar-refractivity contribution >= 4 is 23.0 Å². The zero-order valence-electron chi connectivity index (χ0n) is 11.4. The summed E-state index contributed by atoms with van der Waals surface area (Å²) in [4.78, 5) is 0. The lowest BCUT2D eigenvalue weighted by Gasteiger charge is -2.14. The Labute approximate surface area is 129 Å². The van der Waals surface area contributed by atoms with Crippen LogP contribution in [0.4, 0.5) is 11.4 Å². The predicted molar refractivity (Wildman–Crippen MR) is 91.1 cm³/mol. The highest BCUT2D eigenvalue weighted by molar-refractivity contribution is 6.36. The summed E-state index contributed by atoms with van der Waals surface area (Å²) < 4.78 is 0. The molecule has 21 heavy (non-hydrogen) atoms. The van der Waals surface area contributed by atoms with Crippen molar-refractivity contribution in [2.24, 2.45) is 0 Å². The van der Waals surface area contributed by atoms with Gasteiger partial charge in [-0.25, -0.2) is 0 Å². The summed E-state index contributed by atoms with van der Waals surface area (Å²) in [7, 11) is 0. The number of hydrogen-bond donors (Lipinski definition) is 2. The van der Waals surface area contributed by atoms with E-state index in [0.717, 1.165) is 27.9 Å². The molecule has 3 aromatic rings. The van der Waals surface area contributed by atoms with Crippen LogP contribution in [0.25, 0.3) is 22.3 Å². The highest BCUT2D eigenvalue weighted by Crippen LogP contribution is 2.40. The molecule has 0 atom stereocenters. The van der Waals surface area contributed by atoms with Crippen LogP contribution in [0, 0.1) is 0 Å². The van der Waals surface area contributed by atoms with Crippen molar-refractivity contribution in [3.8, 4) is 22.3 Å². The number of rotatable bonds is 2. The third-order valence-electron chi connectivity index (χ3n) is 3.46. The van der Waals surface area contributed by atoms with Crippen molar-refractivity contribution in [2.75, 3.05) is 11.5 Å². The summed E-state index contributed by atoms with van der Waals surface area (Å²) in [5.74, 6) is 0. The Hall–Kier alpha value is -2.45. The van der Waals surface area contributed by atoms with Gasteiger partial charge in [0.15, 0.2) is 0 Å². The molecule has 3 aromatic carbocycles. The van der Waals surface area contributed by atoms with E-state index in [4.69, 9.17) is 23.1 Å². The maximum atomic E-state index is 6.46. The normalized spacial score (nSPS) is 10.5. The molecule has 0 aliphatic carbocycles. The monoisotopic (exact) mass is 294 g/mol. The van der Waals surface area contributed by atoms with Crippen LogP contribution in [-0.4, -0.2) is 0 Å². The quantitative estimate of drug-likeness (QED) is 0.665. The average Bonchev–Trinajstić information content (AvgIpc) is 2.52. The van der Waals surface area contributed by atoms with Crippen LogP contribution in [-0.2, 0) is 0 Å². The van der Waals surface area contributed by atoms with Gasteiger partial charge in [0.2, 0.25) is 0 Å². The molecule has 0 saturated heterocycles. The molecule has 3 rings (SSSR count). The van der Waals surface area contributed by atoms with Crippen molar-refractivity contribution in [1.82, 2.24) is 0 Å². The molecule has 0 radical (unpaired) electrons. The van der Waals surface area contributed by atoms with Gasteiger partial charge < -0.3 is 11.5 Å². The minimum atomic E-state index is 0.578. The molecule has 0 unspecified atom stereocenters. The van der Waals surface area contributed by atoms with E-state index in [-0.39, 0.29) is 0 Å². The van der Waals surface area contributed by atoms with Gasteiger partial charge in [-0.2, -0.15) is 0 Å². The number of nitrogens with two attached hydrogens (primary N) is 2. The first-order valence-corrected chi connectivity index (χ1v) is 7.04. The van der Waals surface area contributed by atoms with Crippen LogP contribution in [0.1, 0.15) is 0 Å². The zero-order chi connectivity index (χ0) is 14.8. The van der Waals surface area contributed by atoms with E-state index < -0.39 is 0 Å². The van der Waals surface area contributed by atoms with Crippen LogP contribution in [0.15, 0.2) is 66.7 Å². The van der Waals surface area contributed by atoms with E-state index in [9.17, 15) is 0 Å². The first-order valence-electron chi connectivity index (χ1n) is 6.66. The fourth-order valence-corrected chi connectivity index (χ4v) is 2.66. The lowest BCUT2D eigenvalue weighted by molar-refractivity contribution is 1.57. The third-order valence-corrected chi connectivity index (χ3v) is 3.86. The lowest BCUT2D eigenvalue weighted by atomic mass is 9.94. The van der Waals surface area contributed by atoms with Crippen molar-refractivity contribution in [1.29, 1.82) is 0 Å². The zero-order valence-corrected chi connectivity index (χ0v) is 12.1. The molecule has 0 bridgehead atoms. The second kappa shape index (κ2) is 5.51. The molecule has 2 nitrogen and oxygen atoms in total. The van der Waals surface area contributed by atoms with Crippen molar-refractivity contribution in [3.63, 3.8) is 0 Å². The molecule has 0 saturated carbocycles. The maximum Gasteiger partial charge on any atom is 0.0719 e. The first-order chi connectivity index (χ1) is 10.2. The van der Waals surface area contributed by atoms with Crippen molar-refractivity contribution < 1.29 is 0 Å². The average molecular weight is 295 g/mol. The Morgan fingerprint density at radius 3 is 2.00 bits per heavy atom. The van der Waals surface area contributed by atoms with Crippen molar-refractivity contribution in [2.45, 2.75) is 0 Å². The fourth-order valence-electron chi connectivity index (χ4n) is 2.38. The highest BCUT2D eigenvalue weighted by Gasteiger charge is 2.13. The van der Waals surface area contributed by atoms with Crippen LogP contribution in [0.3, 0.4) is 0 Å². The second-order valence-electron chi connectivity index (χ2n) is 4.88. The van der Waals surface area contributed by atoms with Gasteiger partial charge in [0.05, 0.1) is 10.7 Å². The van der Waals surface area contributed by atoms with Gasteiger partial charge in [-0.1, -0.05) is 60.1 Å². The Balaban J connectivity index is 2.26. The SMILES string of the molecule is Nc1ccc(-c2ccc(N)c(Cl)c2-c2ccccc2)cc1. The third kappa shape index (κ3) is 2.58. The fraction of sp³-hybridized carbons (Fsp3) is 0. The summed E-state index contributed by atoms with van der Waals surface area (Å²) in [6, 6.07) is 21.6. The molecule has 0 spiro atoms. The molecule has 0 aliphatic heterocycles. The number of hydrogen-bond acceptors (Lipinski definition) is 2. The van der Waals surface area contributed by atoms with E-state index in [1.807, 2.05) is 66.7 Å². The number of anilines is 2. The van der Waals surface area contributed by atoms with E-state index in [1.54, 1.807) is 0 Å². The summed E-state index contributed by atoms with van der Waals surface area (Å²) >= 11 is 6.46. The van der Waals surface area contributed by atoms with Gasteiger partial charge >= 0.3 is 0 Å². The predicted octanol–water partition coefficient (Wildman–Crippen LogP) is 4.84. The lowest BCUT2D eigenvalue weighted by Crippen LogP contribution is -1.93. The van der Waals surface area contributed by atoms with Crippen molar-refractivity contribution in [3.05, 3.63) is 71.8 Å². The topological polar surface area (TPSA) is 52.0 Å². The highest BCUT2D eigenvalue weighted by atomic mass is 35.5. The Bertz CT molecular complexity index is 765. The molecular weight excluding hydrogens is 280 g/mol. The molecule has 3 heteroatoms. The molecule has 0 fully saturated rings. The minimum absolute atomic E-state index is 0.578. The number of benzene rings is 3. The smallest absolute Gasteiger partial charge is 0.0719 e. The molecular formula is C18H15ClN2. The Morgan fingerprint density at radius 2 is 1.33 bits per heavy atom. The molecule has 104 valence electrons. The second-order valence-corrected chi connectivity index (χ2v) is 5.26. The molecule has 0 amide bonds. The van der Waals surface area contributed by atoms with Crippen LogP contribution in [0.2, 0.25) is 5.02 Å². The van der Waals surface area contributed by atoms with Gasteiger partial charge in [-0.15, -0.1) is 0 Å². The van der Waals surface area contributed by atoms with Gasteiger partial charge in [0, 0.05) is 11.3 Å². The van der Waals surface area contributed by atoms with E-state index in [0.29, 0.717) is 10.7 Å². The Kier molecular flexibility index (Phi) is 3.55. The van der Waals surface area contributed by atoms with Gasteiger partial charge in [0.25, 0.3) is 0 Å². The van der Waals surface area contributed by atoms with E-state index >= 15 is 0 Å². The number of halogens is 1. The summed E-state index contributed by atoms with van der Waals surface area (Å²) in [5.41, 5.74) is 17.1. The molecule has 0 heterocycles. The molecule has 0 aromatic heterocycles. The maximum absolute atomic E-state index is 6.46. The van der Waals surface area contributed by atoms with E-state index in [1.165, 1.54) is 0 Å². The Morgan fingerprint density at radius 1 is 0.667 bits per heavy atom. The largest absolute Gasteiger partial charge is 0.399 e. The first kappa shape index (κ1) is 13.5. The minimum Gasteiger partial charge on any atom is -0.399 e. The summed E-state index contributed by atoms with van der Waals surface area (Å²) in [6.45, 7) is 0. The molecule has 0 aliphatic rings.